The predicted molar refractivity (Wildman–Crippen MR) is 121 cm³/mol. The van der Waals surface area contributed by atoms with Gasteiger partial charge in [-0.2, -0.15) is 0 Å². The zero-order chi connectivity index (χ0) is 24.9. The first-order chi connectivity index (χ1) is 16.0. The van der Waals surface area contributed by atoms with Gasteiger partial charge in [-0.1, -0.05) is 6.07 Å². The summed E-state index contributed by atoms with van der Waals surface area (Å²) in [4.78, 5) is 37.6. The highest BCUT2D eigenvalue weighted by Gasteiger charge is 2.44. The van der Waals surface area contributed by atoms with Gasteiger partial charge in [0.15, 0.2) is 5.60 Å². The molecule has 8 nitrogen and oxygen atoms in total. The number of carbonyl (C=O) groups is 3. The van der Waals surface area contributed by atoms with Gasteiger partial charge in [-0.3, -0.25) is 14.4 Å². The molecule has 1 aliphatic rings. The van der Waals surface area contributed by atoms with Gasteiger partial charge in [0.2, 0.25) is 11.8 Å². The Morgan fingerprint density at radius 2 is 1.74 bits per heavy atom. The Hall–Kier alpha value is -3.53. The summed E-state index contributed by atoms with van der Waals surface area (Å²) in [5.41, 5.74) is 3.10. The lowest BCUT2D eigenvalue weighted by molar-refractivity contribution is -0.142. The number of rotatable bonds is 8. The maximum atomic E-state index is 14.0. The summed E-state index contributed by atoms with van der Waals surface area (Å²) in [5.74, 6) is -2.69. The van der Waals surface area contributed by atoms with E-state index in [0.29, 0.717) is 37.2 Å². The number of nitrogens with two attached hydrogens (primary N) is 1. The van der Waals surface area contributed by atoms with E-state index < -0.39 is 40.5 Å². The number of hydrogen-bond acceptors (Lipinski definition) is 5. The third kappa shape index (κ3) is 5.88. The second kappa shape index (κ2) is 10.2. The summed E-state index contributed by atoms with van der Waals surface area (Å²) >= 11 is 0. The summed E-state index contributed by atoms with van der Waals surface area (Å²) in [6, 6.07) is 9.16. The van der Waals surface area contributed by atoms with Gasteiger partial charge < -0.3 is 26.4 Å². The van der Waals surface area contributed by atoms with Crippen molar-refractivity contribution in [2.45, 2.75) is 44.4 Å². The normalized spacial score (nSPS) is 15.3. The van der Waals surface area contributed by atoms with E-state index in [2.05, 4.69) is 16.0 Å². The average Bonchev–Trinajstić information content (AvgIpc) is 2.79. The van der Waals surface area contributed by atoms with Gasteiger partial charge in [0.25, 0.3) is 5.91 Å². The largest absolute Gasteiger partial charge is 0.478 e. The van der Waals surface area contributed by atoms with Crippen LogP contribution in [-0.4, -0.2) is 42.0 Å². The van der Waals surface area contributed by atoms with Crippen LogP contribution in [-0.2, 0) is 16.1 Å². The Morgan fingerprint density at radius 3 is 2.32 bits per heavy atom. The number of carbonyl (C=O) groups excluding carboxylic acids is 3. The van der Waals surface area contributed by atoms with Gasteiger partial charge in [0.05, 0.1) is 0 Å². The SMILES string of the molecule is CC(C)(Oc1ccc(C(N)=O)cc1)C(=O)NC1(C(=O)NCc2ccc(F)cc2F)CCNCC1. The van der Waals surface area contributed by atoms with E-state index in [1.807, 2.05) is 0 Å². The topological polar surface area (TPSA) is 123 Å². The zero-order valence-electron chi connectivity index (χ0n) is 19.0. The maximum Gasteiger partial charge on any atom is 0.264 e. The molecule has 2 aromatic rings. The van der Waals surface area contributed by atoms with Crippen molar-refractivity contribution in [1.82, 2.24) is 16.0 Å². The minimum atomic E-state index is -1.35. The maximum absolute atomic E-state index is 14.0. The van der Waals surface area contributed by atoms with Gasteiger partial charge in [-0.05, 0) is 70.1 Å². The van der Waals surface area contributed by atoms with Crippen molar-refractivity contribution in [2.75, 3.05) is 13.1 Å². The Bertz CT molecular complexity index is 1070. The monoisotopic (exact) mass is 474 g/mol. The van der Waals surface area contributed by atoms with Gasteiger partial charge in [-0.25, -0.2) is 8.78 Å². The van der Waals surface area contributed by atoms with Crippen molar-refractivity contribution in [3.05, 3.63) is 65.2 Å². The summed E-state index contributed by atoms with van der Waals surface area (Å²) in [5, 5.41) is 8.65. The third-order valence-corrected chi connectivity index (χ3v) is 5.76. The fraction of sp³-hybridized carbons (Fsp3) is 0.375. The molecule has 182 valence electrons. The molecular formula is C24H28F2N4O4. The molecule has 2 aromatic carbocycles. The van der Waals surface area contributed by atoms with Gasteiger partial charge in [-0.15, -0.1) is 0 Å². The highest BCUT2D eigenvalue weighted by molar-refractivity contribution is 5.94. The van der Waals surface area contributed by atoms with E-state index >= 15 is 0 Å². The molecule has 3 amide bonds. The number of primary amides is 1. The number of nitrogens with one attached hydrogen (secondary N) is 3. The molecule has 3 rings (SSSR count). The number of piperidine rings is 1. The van der Waals surface area contributed by atoms with Crippen LogP contribution in [0.5, 0.6) is 5.75 Å². The van der Waals surface area contributed by atoms with Crippen molar-refractivity contribution in [3.8, 4) is 5.75 Å². The summed E-state index contributed by atoms with van der Waals surface area (Å²) in [6.07, 6.45) is 0.639. The first-order valence-corrected chi connectivity index (χ1v) is 10.9. The lowest BCUT2D eigenvalue weighted by Crippen LogP contribution is -2.65. The molecule has 0 atom stereocenters. The molecule has 1 fully saturated rings. The van der Waals surface area contributed by atoms with Crippen molar-refractivity contribution in [3.63, 3.8) is 0 Å². The summed E-state index contributed by atoms with van der Waals surface area (Å²) in [7, 11) is 0. The third-order valence-electron chi connectivity index (χ3n) is 5.76. The molecule has 0 aromatic heterocycles. The van der Waals surface area contributed by atoms with Crippen molar-refractivity contribution >= 4 is 17.7 Å². The molecule has 10 heteroatoms. The molecule has 5 N–H and O–H groups in total. The zero-order valence-corrected chi connectivity index (χ0v) is 19.0. The van der Waals surface area contributed by atoms with Crippen LogP contribution < -0.4 is 26.4 Å². The van der Waals surface area contributed by atoms with Crippen LogP contribution in [0.25, 0.3) is 0 Å². The first kappa shape index (κ1) is 25.1. The van der Waals surface area contributed by atoms with E-state index in [4.69, 9.17) is 10.5 Å². The molecule has 0 bridgehead atoms. The Labute approximate surface area is 196 Å². The lowest BCUT2D eigenvalue weighted by Gasteiger charge is -2.39. The Morgan fingerprint density at radius 1 is 1.09 bits per heavy atom. The summed E-state index contributed by atoms with van der Waals surface area (Å²) < 4.78 is 32.9. The van der Waals surface area contributed by atoms with Crippen LogP contribution in [0.3, 0.4) is 0 Å². The molecular weight excluding hydrogens is 446 g/mol. The molecule has 0 unspecified atom stereocenters. The van der Waals surface area contributed by atoms with Crippen LogP contribution in [0, 0.1) is 11.6 Å². The molecule has 1 heterocycles. The van der Waals surface area contributed by atoms with E-state index in [1.165, 1.54) is 30.3 Å². The molecule has 0 radical (unpaired) electrons. The molecule has 34 heavy (non-hydrogen) atoms. The van der Waals surface area contributed by atoms with E-state index in [9.17, 15) is 23.2 Å². The van der Waals surface area contributed by atoms with Crippen LogP contribution >= 0.6 is 0 Å². The highest BCUT2D eigenvalue weighted by atomic mass is 19.1. The van der Waals surface area contributed by atoms with Crippen molar-refractivity contribution < 1.29 is 27.9 Å². The number of halogens is 2. The van der Waals surface area contributed by atoms with Crippen molar-refractivity contribution in [2.24, 2.45) is 5.73 Å². The first-order valence-electron chi connectivity index (χ1n) is 10.9. The molecule has 1 saturated heterocycles. The second-order valence-electron chi connectivity index (χ2n) is 8.71. The fourth-order valence-electron chi connectivity index (χ4n) is 3.67. The minimum absolute atomic E-state index is 0.133. The van der Waals surface area contributed by atoms with Crippen molar-refractivity contribution in [1.29, 1.82) is 0 Å². The number of hydrogen-bond donors (Lipinski definition) is 4. The average molecular weight is 475 g/mol. The smallest absolute Gasteiger partial charge is 0.264 e. The van der Waals surface area contributed by atoms with Gasteiger partial charge in [0, 0.05) is 23.7 Å². The van der Waals surface area contributed by atoms with Gasteiger partial charge >= 0.3 is 0 Å². The van der Waals surface area contributed by atoms with Crippen LogP contribution in [0.4, 0.5) is 8.78 Å². The van der Waals surface area contributed by atoms with Crippen LogP contribution in [0.15, 0.2) is 42.5 Å². The van der Waals surface area contributed by atoms with Crippen LogP contribution in [0.2, 0.25) is 0 Å². The minimum Gasteiger partial charge on any atom is -0.478 e. The fourth-order valence-corrected chi connectivity index (χ4v) is 3.67. The quantitative estimate of drug-likeness (QED) is 0.465. The standard InChI is InChI=1S/C24H28F2N4O4/c1-23(2,34-18-7-4-15(5-8-18)20(27)31)21(32)30-24(9-11-28-12-10-24)22(33)29-14-16-3-6-17(25)13-19(16)26/h3-8,13,28H,9-12,14H2,1-2H3,(H2,27,31)(H,29,33)(H,30,32). The number of benzene rings is 2. The highest BCUT2D eigenvalue weighted by Crippen LogP contribution is 2.24. The van der Waals surface area contributed by atoms with Crippen LogP contribution in [0.1, 0.15) is 42.6 Å². The lowest BCUT2D eigenvalue weighted by atomic mass is 9.86. The van der Waals surface area contributed by atoms with Gasteiger partial charge in [0.1, 0.15) is 22.9 Å². The van der Waals surface area contributed by atoms with E-state index in [0.717, 1.165) is 12.1 Å². The Balaban J connectivity index is 1.71. The molecule has 0 saturated carbocycles. The number of ether oxygens (including phenoxy) is 1. The Kier molecular flexibility index (Phi) is 7.51. The van der Waals surface area contributed by atoms with E-state index in [1.54, 1.807) is 13.8 Å². The predicted octanol–water partition coefficient (Wildman–Crippen LogP) is 1.78. The molecule has 0 aliphatic carbocycles. The molecule has 0 spiro atoms. The van der Waals surface area contributed by atoms with E-state index in [-0.39, 0.29) is 12.1 Å². The summed E-state index contributed by atoms with van der Waals surface area (Å²) in [6.45, 7) is 3.96. The second-order valence-corrected chi connectivity index (χ2v) is 8.71. The molecule has 1 aliphatic heterocycles. The number of amides is 3.